The van der Waals surface area contributed by atoms with Gasteiger partial charge in [0.2, 0.25) is 5.91 Å². The molecule has 6 nitrogen and oxygen atoms in total. The molecule has 0 bridgehead atoms. The van der Waals surface area contributed by atoms with Gasteiger partial charge in [0.1, 0.15) is 5.75 Å². The molecule has 6 heteroatoms. The van der Waals surface area contributed by atoms with E-state index in [1.807, 2.05) is 6.92 Å². The van der Waals surface area contributed by atoms with E-state index >= 15 is 0 Å². The lowest BCUT2D eigenvalue weighted by Gasteiger charge is -2.07. The molecular formula is C13H18N2O4. The third-order valence-corrected chi connectivity index (χ3v) is 2.27. The number of amides is 2. The van der Waals surface area contributed by atoms with Crippen LogP contribution in [0.25, 0.3) is 0 Å². The Balaban J connectivity index is 2.42. The van der Waals surface area contributed by atoms with Gasteiger partial charge in [-0.1, -0.05) is 0 Å². The van der Waals surface area contributed by atoms with E-state index < -0.39 is 0 Å². The molecule has 0 aliphatic carbocycles. The van der Waals surface area contributed by atoms with Gasteiger partial charge < -0.3 is 20.5 Å². The Hall–Kier alpha value is -2.08. The zero-order valence-electron chi connectivity index (χ0n) is 10.8. The number of aliphatic hydroxyl groups excluding tert-OH is 1. The van der Waals surface area contributed by atoms with Gasteiger partial charge in [0.15, 0.2) is 0 Å². The van der Waals surface area contributed by atoms with Crippen LogP contribution in [-0.4, -0.2) is 43.2 Å². The summed E-state index contributed by atoms with van der Waals surface area (Å²) in [5.41, 5.74) is 0.457. The van der Waals surface area contributed by atoms with Crippen LogP contribution in [0.4, 0.5) is 0 Å². The molecule has 0 atom stereocenters. The van der Waals surface area contributed by atoms with Gasteiger partial charge in [0.25, 0.3) is 5.91 Å². The Morgan fingerprint density at radius 3 is 2.47 bits per heavy atom. The fraction of sp³-hybridized carbons (Fsp3) is 0.385. The zero-order chi connectivity index (χ0) is 14.1. The van der Waals surface area contributed by atoms with E-state index in [-0.39, 0.29) is 31.5 Å². The highest BCUT2D eigenvalue weighted by molar-refractivity contribution is 5.96. The summed E-state index contributed by atoms with van der Waals surface area (Å²) < 4.78 is 5.26. The van der Waals surface area contributed by atoms with E-state index in [1.165, 1.54) is 0 Å². The van der Waals surface area contributed by atoms with Crippen molar-refractivity contribution < 1.29 is 19.4 Å². The van der Waals surface area contributed by atoms with Crippen LogP contribution in [0.3, 0.4) is 0 Å². The number of hydrogen-bond acceptors (Lipinski definition) is 4. The molecule has 0 fully saturated rings. The molecule has 0 unspecified atom stereocenters. The zero-order valence-corrected chi connectivity index (χ0v) is 10.8. The molecule has 0 aromatic heterocycles. The maximum absolute atomic E-state index is 11.7. The molecule has 2 amide bonds. The van der Waals surface area contributed by atoms with E-state index in [1.54, 1.807) is 24.3 Å². The lowest BCUT2D eigenvalue weighted by atomic mass is 10.2. The first-order chi connectivity index (χ1) is 9.17. The van der Waals surface area contributed by atoms with Crippen LogP contribution in [0, 0.1) is 0 Å². The number of ether oxygens (including phenoxy) is 1. The average Bonchev–Trinajstić information content (AvgIpc) is 2.43. The van der Waals surface area contributed by atoms with Gasteiger partial charge in [-0.2, -0.15) is 0 Å². The second kappa shape index (κ2) is 8.10. The van der Waals surface area contributed by atoms with E-state index in [0.717, 1.165) is 0 Å². The molecule has 19 heavy (non-hydrogen) atoms. The second-order valence-corrected chi connectivity index (χ2v) is 3.71. The van der Waals surface area contributed by atoms with Crippen molar-refractivity contribution >= 4 is 11.8 Å². The summed E-state index contributed by atoms with van der Waals surface area (Å²) in [5, 5.41) is 13.5. The van der Waals surface area contributed by atoms with Gasteiger partial charge in [-0.05, 0) is 31.2 Å². The molecule has 1 rings (SSSR count). The minimum Gasteiger partial charge on any atom is -0.494 e. The highest BCUT2D eigenvalue weighted by atomic mass is 16.5. The van der Waals surface area contributed by atoms with Crippen molar-refractivity contribution in [1.82, 2.24) is 10.6 Å². The quantitative estimate of drug-likeness (QED) is 0.644. The molecule has 3 N–H and O–H groups in total. The van der Waals surface area contributed by atoms with Crippen molar-refractivity contribution in [1.29, 1.82) is 0 Å². The number of rotatable bonds is 7. The van der Waals surface area contributed by atoms with Gasteiger partial charge in [0, 0.05) is 12.1 Å². The van der Waals surface area contributed by atoms with Crippen molar-refractivity contribution in [3.8, 4) is 5.75 Å². The lowest BCUT2D eigenvalue weighted by Crippen LogP contribution is -2.37. The minimum absolute atomic E-state index is 0.119. The maximum Gasteiger partial charge on any atom is 0.251 e. The van der Waals surface area contributed by atoms with Gasteiger partial charge in [-0.25, -0.2) is 0 Å². The summed E-state index contributed by atoms with van der Waals surface area (Å²) in [6.07, 6.45) is 0. The van der Waals surface area contributed by atoms with Crippen LogP contribution in [-0.2, 0) is 4.79 Å². The van der Waals surface area contributed by atoms with Gasteiger partial charge in [-0.15, -0.1) is 0 Å². The predicted molar refractivity (Wildman–Crippen MR) is 70.0 cm³/mol. The van der Waals surface area contributed by atoms with E-state index in [4.69, 9.17) is 9.84 Å². The van der Waals surface area contributed by atoms with E-state index in [0.29, 0.717) is 17.9 Å². The molecule has 0 radical (unpaired) electrons. The van der Waals surface area contributed by atoms with Crippen LogP contribution in [0.15, 0.2) is 24.3 Å². The van der Waals surface area contributed by atoms with Crippen LogP contribution in [0.2, 0.25) is 0 Å². The Morgan fingerprint density at radius 1 is 1.21 bits per heavy atom. The molecule has 1 aromatic rings. The normalized spacial score (nSPS) is 9.79. The Morgan fingerprint density at radius 2 is 1.89 bits per heavy atom. The molecule has 0 heterocycles. The van der Waals surface area contributed by atoms with Crippen molar-refractivity contribution in [3.63, 3.8) is 0 Å². The summed E-state index contributed by atoms with van der Waals surface area (Å²) in [7, 11) is 0. The molecule has 0 saturated heterocycles. The highest BCUT2D eigenvalue weighted by Gasteiger charge is 2.07. The van der Waals surface area contributed by atoms with E-state index in [2.05, 4.69) is 10.6 Å². The average molecular weight is 266 g/mol. The van der Waals surface area contributed by atoms with Crippen molar-refractivity contribution in [3.05, 3.63) is 29.8 Å². The first-order valence-electron chi connectivity index (χ1n) is 6.06. The van der Waals surface area contributed by atoms with Gasteiger partial charge in [-0.3, -0.25) is 9.59 Å². The topological polar surface area (TPSA) is 87.7 Å². The lowest BCUT2D eigenvalue weighted by molar-refractivity contribution is -0.120. The molecule has 0 aliphatic heterocycles. The third kappa shape index (κ3) is 5.39. The van der Waals surface area contributed by atoms with Crippen molar-refractivity contribution in [2.45, 2.75) is 6.92 Å². The maximum atomic E-state index is 11.7. The van der Waals surface area contributed by atoms with Crippen LogP contribution < -0.4 is 15.4 Å². The summed E-state index contributed by atoms with van der Waals surface area (Å²) >= 11 is 0. The molecule has 1 aromatic carbocycles. The second-order valence-electron chi connectivity index (χ2n) is 3.71. The smallest absolute Gasteiger partial charge is 0.251 e. The number of benzene rings is 1. The number of carbonyl (C=O) groups is 2. The van der Waals surface area contributed by atoms with Crippen molar-refractivity contribution in [2.75, 3.05) is 26.3 Å². The monoisotopic (exact) mass is 266 g/mol. The largest absolute Gasteiger partial charge is 0.494 e. The van der Waals surface area contributed by atoms with Crippen LogP contribution >= 0.6 is 0 Å². The Bertz CT molecular complexity index is 417. The molecule has 104 valence electrons. The third-order valence-electron chi connectivity index (χ3n) is 2.27. The first-order valence-corrected chi connectivity index (χ1v) is 6.06. The van der Waals surface area contributed by atoms with Gasteiger partial charge in [0.05, 0.1) is 19.8 Å². The fourth-order valence-electron chi connectivity index (χ4n) is 1.39. The summed E-state index contributed by atoms with van der Waals surface area (Å²) in [4.78, 5) is 22.9. The molecular weight excluding hydrogens is 248 g/mol. The fourth-order valence-corrected chi connectivity index (χ4v) is 1.39. The van der Waals surface area contributed by atoms with Crippen LogP contribution in [0.1, 0.15) is 17.3 Å². The summed E-state index contributed by atoms with van der Waals surface area (Å²) in [5.74, 6) is 0.0234. The van der Waals surface area contributed by atoms with E-state index in [9.17, 15) is 9.59 Å². The summed E-state index contributed by atoms with van der Waals surface area (Å²) in [6, 6.07) is 6.66. The minimum atomic E-state index is -0.340. The first kappa shape index (κ1) is 15.0. The number of aliphatic hydroxyl groups is 1. The Kier molecular flexibility index (Phi) is 6.38. The standard InChI is InChI=1S/C13H18N2O4/c1-2-19-11-5-3-10(4-6-11)13(18)15-9-12(17)14-7-8-16/h3-6,16H,2,7-9H2,1H3,(H,14,17)(H,15,18). The summed E-state index contributed by atoms with van der Waals surface area (Å²) in [6.45, 7) is 2.38. The molecule has 0 spiro atoms. The predicted octanol–water partition coefficient (Wildman–Crippen LogP) is -0.0764. The molecule has 0 saturated carbocycles. The number of nitrogens with one attached hydrogen (secondary N) is 2. The van der Waals surface area contributed by atoms with Gasteiger partial charge >= 0.3 is 0 Å². The SMILES string of the molecule is CCOc1ccc(C(=O)NCC(=O)NCCO)cc1. The Labute approximate surface area is 111 Å². The van der Waals surface area contributed by atoms with Crippen molar-refractivity contribution in [2.24, 2.45) is 0 Å². The number of carbonyl (C=O) groups excluding carboxylic acids is 2. The number of hydrogen-bond donors (Lipinski definition) is 3. The highest BCUT2D eigenvalue weighted by Crippen LogP contribution is 2.11. The molecule has 0 aliphatic rings. The van der Waals surface area contributed by atoms with Crippen LogP contribution in [0.5, 0.6) is 5.75 Å².